The van der Waals surface area contributed by atoms with Crippen molar-refractivity contribution in [2.75, 3.05) is 7.11 Å². The van der Waals surface area contributed by atoms with Gasteiger partial charge in [0.25, 0.3) is 0 Å². The summed E-state index contributed by atoms with van der Waals surface area (Å²) in [6.45, 7) is 3.82. The first-order valence-electron chi connectivity index (χ1n) is 6.78. The van der Waals surface area contributed by atoms with Crippen LogP contribution >= 0.6 is 0 Å². The number of hydrogen-bond donors (Lipinski definition) is 2. The zero-order valence-electron chi connectivity index (χ0n) is 12.5. The van der Waals surface area contributed by atoms with Crippen LogP contribution in [0.2, 0.25) is 0 Å². The fourth-order valence-electron chi connectivity index (χ4n) is 1.88. The lowest BCUT2D eigenvalue weighted by Crippen LogP contribution is -2.40. The standard InChI is InChI=1S/C16H21NO4/c1-11(2)10-13(16(19)20)17-15(18)9-8-12-6-4-5-7-14(12)21-3/h4-9,11,13H,10H2,1-3H3,(H,17,18)(H,19,20)/t13-/m1/s1. The maximum Gasteiger partial charge on any atom is 0.326 e. The molecule has 114 valence electrons. The van der Waals surface area contributed by atoms with Gasteiger partial charge in [-0.15, -0.1) is 0 Å². The molecule has 0 heterocycles. The molecule has 1 rings (SSSR count). The summed E-state index contributed by atoms with van der Waals surface area (Å²) >= 11 is 0. The van der Waals surface area contributed by atoms with E-state index in [1.807, 2.05) is 32.0 Å². The van der Waals surface area contributed by atoms with Gasteiger partial charge in [0, 0.05) is 11.6 Å². The number of benzene rings is 1. The smallest absolute Gasteiger partial charge is 0.326 e. The minimum absolute atomic E-state index is 0.185. The van der Waals surface area contributed by atoms with Crippen molar-refractivity contribution in [3.63, 3.8) is 0 Å². The number of nitrogens with one attached hydrogen (secondary N) is 1. The Balaban J connectivity index is 2.71. The molecule has 0 aromatic heterocycles. The Labute approximate surface area is 124 Å². The maximum absolute atomic E-state index is 11.8. The number of carbonyl (C=O) groups is 2. The number of para-hydroxylation sites is 1. The van der Waals surface area contributed by atoms with E-state index in [2.05, 4.69) is 5.32 Å². The third-order valence-corrected chi connectivity index (χ3v) is 2.87. The van der Waals surface area contributed by atoms with Crippen LogP contribution in [0.25, 0.3) is 6.08 Å². The molecule has 21 heavy (non-hydrogen) atoms. The highest BCUT2D eigenvalue weighted by atomic mass is 16.5. The second kappa shape index (κ2) is 8.09. The van der Waals surface area contributed by atoms with Crippen LogP contribution in [0.1, 0.15) is 25.8 Å². The first-order valence-corrected chi connectivity index (χ1v) is 6.78. The number of amides is 1. The molecule has 0 saturated carbocycles. The molecule has 0 radical (unpaired) electrons. The van der Waals surface area contributed by atoms with Crippen LogP contribution in [0, 0.1) is 5.92 Å². The zero-order chi connectivity index (χ0) is 15.8. The minimum atomic E-state index is -1.03. The molecule has 0 fully saturated rings. The summed E-state index contributed by atoms with van der Waals surface area (Å²) in [5.74, 6) is -0.625. The SMILES string of the molecule is COc1ccccc1C=CC(=O)N[C@H](CC(C)C)C(=O)O. The van der Waals surface area contributed by atoms with E-state index in [0.717, 1.165) is 5.56 Å². The Morgan fingerprint density at radius 3 is 2.57 bits per heavy atom. The molecule has 2 N–H and O–H groups in total. The van der Waals surface area contributed by atoms with Crippen LogP contribution in [0.3, 0.4) is 0 Å². The number of rotatable bonds is 7. The molecule has 1 aromatic carbocycles. The maximum atomic E-state index is 11.8. The Morgan fingerprint density at radius 1 is 1.33 bits per heavy atom. The molecule has 0 unspecified atom stereocenters. The molecule has 0 aliphatic rings. The van der Waals surface area contributed by atoms with Gasteiger partial charge >= 0.3 is 5.97 Å². The van der Waals surface area contributed by atoms with Crippen molar-refractivity contribution in [3.05, 3.63) is 35.9 Å². The van der Waals surface area contributed by atoms with Crippen LogP contribution in [0.5, 0.6) is 5.75 Å². The normalized spacial score (nSPS) is 12.4. The van der Waals surface area contributed by atoms with Gasteiger partial charge in [-0.25, -0.2) is 4.79 Å². The number of carboxylic acids is 1. The summed E-state index contributed by atoms with van der Waals surface area (Å²) in [6.07, 6.45) is 3.31. The van der Waals surface area contributed by atoms with Crippen LogP contribution in [-0.4, -0.2) is 30.1 Å². The van der Waals surface area contributed by atoms with Crippen molar-refractivity contribution in [3.8, 4) is 5.75 Å². The Morgan fingerprint density at radius 2 is 2.00 bits per heavy atom. The molecule has 1 amide bonds. The average Bonchev–Trinajstić information content (AvgIpc) is 2.44. The zero-order valence-corrected chi connectivity index (χ0v) is 12.5. The molecule has 0 aliphatic carbocycles. The fraction of sp³-hybridized carbons (Fsp3) is 0.375. The predicted molar refractivity (Wildman–Crippen MR) is 81.0 cm³/mol. The molecule has 5 nitrogen and oxygen atoms in total. The lowest BCUT2D eigenvalue weighted by atomic mass is 10.0. The van der Waals surface area contributed by atoms with Gasteiger partial charge in [0.05, 0.1) is 7.11 Å². The van der Waals surface area contributed by atoms with Gasteiger partial charge in [0.1, 0.15) is 11.8 Å². The fourth-order valence-corrected chi connectivity index (χ4v) is 1.88. The first kappa shape index (κ1) is 16.8. The molecule has 0 saturated heterocycles. The summed E-state index contributed by atoms with van der Waals surface area (Å²) < 4.78 is 5.17. The molecular formula is C16H21NO4. The van der Waals surface area contributed by atoms with Crippen LogP contribution < -0.4 is 10.1 Å². The Hall–Kier alpha value is -2.30. The van der Waals surface area contributed by atoms with Crippen molar-refractivity contribution in [2.45, 2.75) is 26.3 Å². The molecule has 0 spiro atoms. The van der Waals surface area contributed by atoms with E-state index in [1.165, 1.54) is 6.08 Å². The lowest BCUT2D eigenvalue weighted by molar-refractivity contribution is -0.141. The summed E-state index contributed by atoms with van der Waals surface area (Å²) in [6, 6.07) is 6.39. The third kappa shape index (κ3) is 5.69. The first-order chi connectivity index (χ1) is 9.93. The second-order valence-corrected chi connectivity index (χ2v) is 5.10. The van der Waals surface area contributed by atoms with Crippen molar-refractivity contribution in [1.29, 1.82) is 0 Å². The summed E-state index contributed by atoms with van der Waals surface area (Å²) in [4.78, 5) is 22.9. The lowest BCUT2D eigenvalue weighted by Gasteiger charge is -2.15. The van der Waals surface area contributed by atoms with Gasteiger partial charge in [0.2, 0.25) is 5.91 Å². The summed E-state index contributed by atoms with van der Waals surface area (Å²) in [5, 5.41) is 11.6. The largest absolute Gasteiger partial charge is 0.496 e. The second-order valence-electron chi connectivity index (χ2n) is 5.10. The van der Waals surface area contributed by atoms with Crippen LogP contribution in [0.4, 0.5) is 0 Å². The van der Waals surface area contributed by atoms with Gasteiger partial charge < -0.3 is 15.2 Å². The van der Waals surface area contributed by atoms with Crippen molar-refractivity contribution < 1.29 is 19.4 Å². The number of ether oxygens (including phenoxy) is 1. The average molecular weight is 291 g/mol. The number of hydrogen-bond acceptors (Lipinski definition) is 3. The number of methoxy groups -OCH3 is 1. The van der Waals surface area contributed by atoms with Crippen molar-refractivity contribution in [1.82, 2.24) is 5.32 Å². The van der Waals surface area contributed by atoms with E-state index in [4.69, 9.17) is 9.84 Å². The molecule has 0 aliphatic heterocycles. The number of carbonyl (C=O) groups excluding carboxylic acids is 1. The highest BCUT2D eigenvalue weighted by molar-refractivity contribution is 5.94. The van der Waals surface area contributed by atoms with E-state index in [1.54, 1.807) is 19.3 Å². The Bertz CT molecular complexity index is 523. The van der Waals surface area contributed by atoms with Gasteiger partial charge in [-0.1, -0.05) is 32.0 Å². The van der Waals surface area contributed by atoms with Crippen molar-refractivity contribution in [2.24, 2.45) is 5.92 Å². The monoisotopic (exact) mass is 291 g/mol. The van der Waals surface area contributed by atoms with Crippen LogP contribution in [0.15, 0.2) is 30.3 Å². The van der Waals surface area contributed by atoms with E-state index < -0.39 is 17.9 Å². The van der Waals surface area contributed by atoms with E-state index >= 15 is 0 Å². The number of aliphatic carboxylic acids is 1. The van der Waals surface area contributed by atoms with E-state index in [0.29, 0.717) is 12.2 Å². The molecule has 0 bridgehead atoms. The minimum Gasteiger partial charge on any atom is -0.496 e. The van der Waals surface area contributed by atoms with Crippen molar-refractivity contribution >= 4 is 18.0 Å². The highest BCUT2D eigenvalue weighted by Crippen LogP contribution is 2.18. The van der Waals surface area contributed by atoms with E-state index in [-0.39, 0.29) is 5.92 Å². The third-order valence-electron chi connectivity index (χ3n) is 2.87. The quantitative estimate of drug-likeness (QED) is 0.756. The van der Waals surface area contributed by atoms with Gasteiger partial charge in [-0.3, -0.25) is 4.79 Å². The van der Waals surface area contributed by atoms with Crippen LogP contribution in [-0.2, 0) is 9.59 Å². The van der Waals surface area contributed by atoms with Gasteiger partial charge in [-0.05, 0) is 24.5 Å². The molecule has 1 atom stereocenters. The highest BCUT2D eigenvalue weighted by Gasteiger charge is 2.19. The number of carboxylic acid groups (broad SMARTS) is 1. The Kier molecular flexibility index (Phi) is 6.46. The molecular weight excluding hydrogens is 270 g/mol. The van der Waals surface area contributed by atoms with Gasteiger partial charge in [-0.2, -0.15) is 0 Å². The predicted octanol–water partition coefficient (Wildman–Crippen LogP) is 2.32. The molecule has 5 heteroatoms. The molecule has 1 aromatic rings. The van der Waals surface area contributed by atoms with E-state index in [9.17, 15) is 9.59 Å². The topological polar surface area (TPSA) is 75.6 Å². The van der Waals surface area contributed by atoms with Gasteiger partial charge in [0.15, 0.2) is 0 Å². The summed E-state index contributed by atoms with van der Waals surface area (Å²) in [5.41, 5.74) is 0.755. The summed E-state index contributed by atoms with van der Waals surface area (Å²) in [7, 11) is 1.55.